The summed E-state index contributed by atoms with van der Waals surface area (Å²) in [5.41, 5.74) is 8.37. The minimum Gasteiger partial charge on any atom is -0.494 e. The lowest BCUT2D eigenvalue weighted by molar-refractivity contribution is -0.274. The maximum atomic E-state index is 12.4. The van der Waals surface area contributed by atoms with Crippen molar-refractivity contribution >= 4 is 0 Å². The van der Waals surface area contributed by atoms with E-state index in [0.717, 1.165) is 81.0 Å². The van der Waals surface area contributed by atoms with Gasteiger partial charge in [0.25, 0.3) is 0 Å². The second-order valence-corrected chi connectivity index (χ2v) is 13.1. The average molecular weight is 679 g/mol. The number of alkyl halides is 3. The third-order valence-corrected chi connectivity index (χ3v) is 9.40. The van der Waals surface area contributed by atoms with E-state index < -0.39 is 6.36 Å². The molecule has 1 aliphatic carbocycles. The van der Waals surface area contributed by atoms with Gasteiger partial charge in [0, 0.05) is 40.2 Å². The lowest BCUT2D eigenvalue weighted by Crippen LogP contribution is -2.45. The van der Waals surface area contributed by atoms with Gasteiger partial charge in [-0.3, -0.25) is 0 Å². The predicted molar refractivity (Wildman–Crippen MR) is 189 cm³/mol. The van der Waals surface area contributed by atoms with E-state index >= 15 is 0 Å². The minimum atomic E-state index is -4.72. The molecule has 1 fully saturated rings. The van der Waals surface area contributed by atoms with Gasteiger partial charge in [-0.1, -0.05) is 56.1 Å². The van der Waals surface area contributed by atoms with Gasteiger partial charge in [-0.25, -0.2) is 0 Å². The summed E-state index contributed by atoms with van der Waals surface area (Å²) >= 11 is 0. The van der Waals surface area contributed by atoms with Crippen LogP contribution in [-0.2, 0) is 9.47 Å². The highest BCUT2D eigenvalue weighted by atomic mass is 19.4. The minimum absolute atomic E-state index is 0.174. The van der Waals surface area contributed by atoms with Crippen molar-refractivity contribution in [1.82, 2.24) is 0 Å². The smallest absolute Gasteiger partial charge is 0.494 e. The van der Waals surface area contributed by atoms with Crippen molar-refractivity contribution in [2.45, 2.75) is 58.2 Å². The van der Waals surface area contributed by atoms with Crippen LogP contribution in [0.25, 0.3) is 11.1 Å². The van der Waals surface area contributed by atoms with Gasteiger partial charge in [-0.2, -0.15) is 0 Å². The summed E-state index contributed by atoms with van der Waals surface area (Å²) in [6.45, 7) is 8.38. The lowest BCUT2D eigenvalue weighted by atomic mass is 9.84. The normalized spacial score (nSPS) is 15.4. The summed E-state index contributed by atoms with van der Waals surface area (Å²) in [6, 6.07) is 26.0. The Morgan fingerprint density at radius 1 is 0.680 bits per heavy atom. The first-order valence-electron chi connectivity index (χ1n) is 17.3. The number of benzene rings is 4. The van der Waals surface area contributed by atoms with Crippen LogP contribution in [0.5, 0.6) is 11.5 Å². The molecule has 0 radical (unpaired) electrons. The van der Waals surface area contributed by atoms with Gasteiger partial charge >= 0.3 is 6.36 Å². The largest absolute Gasteiger partial charge is 0.573 e. The van der Waals surface area contributed by atoms with Crippen molar-refractivity contribution in [2.75, 3.05) is 33.0 Å². The fourth-order valence-corrected chi connectivity index (χ4v) is 6.24. The first kappa shape index (κ1) is 35.1. The maximum absolute atomic E-state index is 12.4. The summed E-state index contributed by atoms with van der Waals surface area (Å²) in [5, 5.41) is 0. The third kappa shape index (κ3) is 9.10. The highest BCUT2D eigenvalue weighted by Crippen LogP contribution is 2.45. The molecule has 0 aromatic heterocycles. The number of hydrogen-bond donors (Lipinski definition) is 0. The summed E-state index contributed by atoms with van der Waals surface area (Å²) in [4.78, 5) is 0. The first-order valence-corrected chi connectivity index (χ1v) is 17.3. The molecule has 0 saturated carbocycles. The molecule has 1 saturated heterocycles. The van der Waals surface area contributed by atoms with Crippen molar-refractivity contribution in [3.63, 3.8) is 0 Å². The zero-order chi connectivity index (χ0) is 35.0. The second kappa shape index (κ2) is 15.9. The summed E-state index contributed by atoms with van der Waals surface area (Å²) in [7, 11) is 0. The quantitative estimate of drug-likeness (QED) is 0.110. The molecule has 0 spiro atoms. The average Bonchev–Trinajstić information content (AvgIpc) is 3.37. The Balaban J connectivity index is 0.966. The zero-order valence-electron chi connectivity index (χ0n) is 28.5. The van der Waals surface area contributed by atoms with E-state index in [1.165, 1.54) is 46.5 Å². The molecule has 4 nitrogen and oxygen atoms in total. The van der Waals surface area contributed by atoms with Gasteiger partial charge < -0.3 is 18.9 Å². The van der Waals surface area contributed by atoms with Gasteiger partial charge in [0.2, 0.25) is 0 Å². The molecule has 50 heavy (non-hydrogen) atoms. The molecule has 1 atom stereocenters. The first-order chi connectivity index (χ1) is 24.2. The van der Waals surface area contributed by atoms with Crippen LogP contribution in [0.1, 0.15) is 85.3 Å². The molecular weight excluding hydrogens is 637 g/mol. The van der Waals surface area contributed by atoms with Crippen LogP contribution in [0, 0.1) is 29.1 Å². The monoisotopic (exact) mass is 678 g/mol. The molecule has 6 rings (SSSR count). The SMILES string of the molecule is CCC1(COCCCCCCOc2ccc(C#Cc3ccc4c(c3)C(C)c3cc(C#Cc5ccc(OC(F)(F)F)cc5)ccc3-4)cc2)COC1. The number of fused-ring (bicyclic) bond motifs is 3. The van der Waals surface area contributed by atoms with Crippen molar-refractivity contribution in [1.29, 1.82) is 0 Å². The van der Waals surface area contributed by atoms with E-state index in [1.54, 1.807) is 0 Å². The van der Waals surface area contributed by atoms with Gasteiger partial charge in [-0.15, -0.1) is 13.2 Å². The number of hydrogen-bond acceptors (Lipinski definition) is 4. The third-order valence-electron chi connectivity index (χ3n) is 9.40. The van der Waals surface area contributed by atoms with Gasteiger partial charge in [0.15, 0.2) is 0 Å². The Morgan fingerprint density at radius 2 is 1.18 bits per heavy atom. The van der Waals surface area contributed by atoms with Crippen LogP contribution >= 0.6 is 0 Å². The number of unbranched alkanes of at least 4 members (excludes halogenated alkanes) is 3. The van der Waals surface area contributed by atoms with Gasteiger partial charge in [0.05, 0.1) is 26.4 Å². The highest BCUT2D eigenvalue weighted by molar-refractivity contribution is 5.80. The Bertz CT molecular complexity index is 1880. The number of ether oxygens (including phenoxy) is 4. The van der Waals surface area contributed by atoms with Crippen molar-refractivity contribution in [3.8, 4) is 46.3 Å². The molecule has 0 bridgehead atoms. The van der Waals surface area contributed by atoms with Crippen molar-refractivity contribution < 1.29 is 32.1 Å². The van der Waals surface area contributed by atoms with Gasteiger partial charge in [-0.05, 0) is 121 Å². The predicted octanol–water partition coefficient (Wildman–Crippen LogP) is 9.90. The van der Waals surface area contributed by atoms with Crippen LogP contribution in [-0.4, -0.2) is 39.4 Å². The van der Waals surface area contributed by atoms with E-state index in [-0.39, 0.29) is 17.1 Å². The molecule has 4 aromatic rings. The Hall–Kier alpha value is -4.69. The maximum Gasteiger partial charge on any atom is 0.573 e. The highest BCUT2D eigenvalue weighted by Gasteiger charge is 2.37. The molecule has 1 aliphatic heterocycles. The molecule has 258 valence electrons. The van der Waals surface area contributed by atoms with Crippen LogP contribution in [0.15, 0.2) is 84.9 Å². The topological polar surface area (TPSA) is 36.9 Å². The van der Waals surface area contributed by atoms with E-state index in [9.17, 15) is 13.2 Å². The molecule has 1 heterocycles. The fraction of sp³-hybridized carbons (Fsp3) is 0.349. The summed E-state index contributed by atoms with van der Waals surface area (Å²) in [5.74, 6) is 13.5. The van der Waals surface area contributed by atoms with Crippen LogP contribution in [0.3, 0.4) is 0 Å². The van der Waals surface area contributed by atoms with E-state index in [4.69, 9.17) is 14.2 Å². The van der Waals surface area contributed by atoms with Crippen molar-refractivity contribution in [3.05, 3.63) is 118 Å². The summed E-state index contributed by atoms with van der Waals surface area (Å²) < 4.78 is 58.4. The molecule has 2 aliphatic rings. The standard InChI is InChI=1S/C43H41F3O4/c1-3-42(29-48-30-42)28-47-24-6-4-5-7-25-49-36-18-12-32(13-19-36)8-10-34-16-22-38-39-23-17-35(27-41(39)31(2)40(38)26-34)11-9-33-14-20-37(21-15-33)50-43(44,45)46/h12-23,26-27,31H,3-7,24-25,28-30H2,1-2H3. The lowest BCUT2D eigenvalue weighted by Gasteiger charge is -2.40. The van der Waals surface area contributed by atoms with Crippen LogP contribution in [0.2, 0.25) is 0 Å². The molecule has 0 amide bonds. The van der Waals surface area contributed by atoms with Crippen LogP contribution < -0.4 is 9.47 Å². The molecular formula is C43H41F3O4. The van der Waals surface area contributed by atoms with Crippen molar-refractivity contribution in [2.24, 2.45) is 5.41 Å². The van der Waals surface area contributed by atoms with Gasteiger partial charge in [0.1, 0.15) is 11.5 Å². The Labute approximate surface area is 292 Å². The molecule has 7 heteroatoms. The summed E-state index contributed by atoms with van der Waals surface area (Å²) in [6.07, 6.45) is 0.762. The Morgan fingerprint density at radius 3 is 1.68 bits per heavy atom. The van der Waals surface area contributed by atoms with Crippen LogP contribution in [0.4, 0.5) is 13.2 Å². The van der Waals surface area contributed by atoms with E-state index in [2.05, 4.69) is 72.6 Å². The number of halogens is 3. The second-order valence-electron chi connectivity index (χ2n) is 13.1. The molecule has 4 aromatic carbocycles. The van der Waals surface area contributed by atoms with E-state index in [1.807, 2.05) is 30.3 Å². The number of rotatable bonds is 12. The zero-order valence-corrected chi connectivity index (χ0v) is 28.5. The Kier molecular flexibility index (Phi) is 11.2. The fourth-order valence-electron chi connectivity index (χ4n) is 6.24. The van der Waals surface area contributed by atoms with E-state index in [0.29, 0.717) is 12.2 Å². The molecule has 0 N–H and O–H groups in total. The molecule has 1 unspecified atom stereocenters.